The summed E-state index contributed by atoms with van der Waals surface area (Å²) in [6.07, 6.45) is 1.20. The van der Waals surface area contributed by atoms with Gasteiger partial charge in [0.1, 0.15) is 0 Å². The van der Waals surface area contributed by atoms with Crippen LogP contribution in [0.5, 0.6) is 0 Å². The number of nitrogens with one attached hydrogen (secondary N) is 2. The Kier molecular flexibility index (Phi) is 5.23. The van der Waals surface area contributed by atoms with Gasteiger partial charge in [-0.3, -0.25) is 10.2 Å². The molecule has 7 heteroatoms. The Balaban J connectivity index is 1.83. The molecule has 1 aromatic heterocycles. The van der Waals surface area contributed by atoms with Crippen molar-refractivity contribution in [3.63, 3.8) is 0 Å². The van der Waals surface area contributed by atoms with E-state index in [9.17, 15) is 4.79 Å². The van der Waals surface area contributed by atoms with Gasteiger partial charge in [-0.1, -0.05) is 17.7 Å². The SMILES string of the molecule is O=C(/C=N/NC(=S)Nc1ccc(Cl)cc1)c1cccs1. The highest BCUT2D eigenvalue weighted by Gasteiger charge is 2.02. The van der Waals surface area contributed by atoms with Crippen LogP contribution in [0.2, 0.25) is 5.02 Å². The van der Waals surface area contributed by atoms with E-state index in [0.717, 1.165) is 5.69 Å². The fourth-order valence-electron chi connectivity index (χ4n) is 1.32. The third-order valence-electron chi connectivity index (χ3n) is 2.21. The quantitative estimate of drug-likeness (QED) is 0.391. The topological polar surface area (TPSA) is 53.5 Å². The second kappa shape index (κ2) is 7.14. The first-order valence-corrected chi connectivity index (χ1v) is 7.25. The molecular weight excluding hydrogens is 314 g/mol. The minimum Gasteiger partial charge on any atom is -0.331 e. The van der Waals surface area contributed by atoms with Crippen LogP contribution in [0.15, 0.2) is 46.9 Å². The molecule has 4 nitrogen and oxygen atoms in total. The number of rotatable bonds is 4. The Morgan fingerprint density at radius 1 is 1.30 bits per heavy atom. The van der Waals surface area contributed by atoms with Gasteiger partial charge in [-0.15, -0.1) is 11.3 Å². The molecule has 20 heavy (non-hydrogen) atoms. The first kappa shape index (κ1) is 14.6. The number of hydrazone groups is 1. The number of thiocarbonyl (C=S) groups is 1. The molecule has 0 aliphatic carbocycles. The first-order chi connectivity index (χ1) is 9.65. The van der Waals surface area contributed by atoms with Crippen LogP contribution < -0.4 is 10.7 Å². The van der Waals surface area contributed by atoms with E-state index >= 15 is 0 Å². The van der Waals surface area contributed by atoms with E-state index in [-0.39, 0.29) is 5.78 Å². The summed E-state index contributed by atoms with van der Waals surface area (Å²) in [5, 5.41) is 9.49. The first-order valence-electron chi connectivity index (χ1n) is 5.58. The maximum absolute atomic E-state index is 11.6. The van der Waals surface area contributed by atoms with Crippen molar-refractivity contribution >= 4 is 58.0 Å². The lowest BCUT2D eigenvalue weighted by Gasteiger charge is -2.06. The lowest BCUT2D eigenvalue weighted by molar-refractivity contribution is 0.107. The summed E-state index contributed by atoms with van der Waals surface area (Å²) in [4.78, 5) is 12.3. The number of Topliss-reactive ketones (excluding diaryl/α,β-unsaturated/α-hetero) is 1. The maximum Gasteiger partial charge on any atom is 0.215 e. The molecule has 0 bridgehead atoms. The number of thiophene rings is 1. The Hall–Kier alpha value is -1.76. The van der Waals surface area contributed by atoms with Gasteiger partial charge in [0.2, 0.25) is 5.78 Å². The van der Waals surface area contributed by atoms with Crippen LogP contribution in [0.3, 0.4) is 0 Å². The molecule has 0 aliphatic heterocycles. The Labute approximate surface area is 130 Å². The van der Waals surface area contributed by atoms with Crippen LogP contribution in [-0.4, -0.2) is 17.1 Å². The second-order valence-electron chi connectivity index (χ2n) is 3.67. The summed E-state index contributed by atoms with van der Waals surface area (Å²) in [5.74, 6) is -0.165. The van der Waals surface area contributed by atoms with Crippen LogP contribution >= 0.6 is 35.2 Å². The standard InChI is InChI=1S/C13H10ClN3OS2/c14-9-3-5-10(6-4-9)16-13(19)17-15-8-11(18)12-2-1-7-20-12/h1-8H,(H2,16,17,19)/b15-8+. The van der Waals surface area contributed by atoms with Gasteiger partial charge >= 0.3 is 0 Å². The number of nitrogens with zero attached hydrogens (tertiary/aromatic N) is 1. The monoisotopic (exact) mass is 323 g/mol. The summed E-state index contributed by atoms with van der Waals surface area (Å²) in [7, 11) is 0. The lowest BCUT2D eigenvalue weighted by atomic mass is 10.3. The summed E-state index contributed by atoms with van der Waals surface area (Å²) >= 11 is 12.2. The van der Waals surface area contributed by atoms with Gasteiger partial charge in [0, 0.05) is 10.7 Å². The highest BCUT2D eigenvalue weighted by atomic mass is 35.5. The largest absolute Gasteiger partial charge is 0.331 e. The van der Waals surface area contributed by atoms with Crippen molar-refractivity contribution in [1.29, 1.82) is 0 Å². The van der Waals surface area contributed by atoms with Crippen LogP contribution in [-0.2, 0) is 0 Å². The molecule has 0 amide bonds. The smallest absolute Gasteiger partial charge is 0.215 e. The predicted molar refractivity (Wildman–Crippen MR) is 87.9 cm³/mol. The number of hydrogen-bond acceptors (Lipinski definition) is 4. The zero-order chi connectivity index (χ0) is 14.4. The molecule has 0 aliphatic rings. The number of anilines is 1. The fraction of sp³-hybridized carbons (Fsp3) is 0. The summed E-state index contributed by atoms with van der Waals surface area (Å²) in [6.45, 7) is 0. The van der Waals surface area contributed by atoms with Crippen LogP contribution in [0.4, 0.5) is 5.69 Å². The number of carbonyl (C=O) groups excluding carboxylic acids is 1. The van der Waals surface area contributed by atoms with Gasteiger partial charge < -0.3 is 5.32 Å². The molecule has 102 valence electrons. The van der Waals surface area contributed by atoms with Gasteiger partial charge in [0.25, 0.3) is 0 Å². The van der Waals surface area contributed by atoms with Crippen LogP contribution in [0, 0.1) is 0 Å². The van der Waals surface area contributed by atoms with E-state index in [2.05, 4.69) is 15.8 Å². The predicted octanol–water partition coefficient (Wildman–Crippen LogP) is 3.56. The van der Waals surface area contributed by atoms with E-state index in [1.54, 1.807) is 30.3 Å². The molecule has 0 saturated heterocycles. The molecule has 2 aromatic rings. The van der Waals surface area contributed by atoms with E-state index < -0.39 is 0 Å². The number of benzene rings is 1. The van der Waals surface area contributed by atoms with Crippen LogP contribution in [0.1, 0.15) is 9.67 Å². The molecule has 2 N–H and O–H groups in total. The molecule has 2 rings (SSSR count). The molecule has 0 unspecified atom stereocenters. The summed E-state index contributed by atoms with van der Waals surface area (Å²) in [6, 6.07) is 10.6. The highest BCUT2D eigenvalue weighted by Crippen LogP contribution is 2.13. The normalized spacial score (nSPS) is 10.4. The molecule has 0 saturated carbocycles. The van der Waals surface area contributed by atoms with Crippen molar-refractivity contribution in [3.05, 3.63) is 51.7 Å². The molecular formula is C13H10ClN3OS2. The van der Waals surface area contributed by atoms with Crippen LogP contribution in [0.25, 0.3) is 0 Å². The summed E-state index contributed by atoms with van der Waals surface area (Å²) in [5.41, 5.74) is 3.36. The minimum absolute atomic E-state index is 0.165. The Bertz CT molecular complexity index is 624. The maximum atomic E-state index is 11.6. The molecule has 0 radical (unpaired) electrons. The molecule has 1 heterocycles. The average molecular weight is 324 g/mol. The van der Waals surface area contributed by atoms with E-state index in [0.29, 0.717) is 15.0 Å². The Morgan fingerprint density at radius 3 is 2.70 bits per heavy atom. The van der Waals surface area contributed by atoms with Gasteiger partial charge in [-0.25, -0.2) is 0 Å². The van der Waals surface area contributed by atoms with Gasteiger partial charge in [0.05, 0.1) is 11.1 Å². The molecule has 0 spiro atoms. The van der Waals surface area contributed by atoms with Crippen molar-refractivity contribution in [1.82, 2.24) is 5.43 Å². The number of ketones is 1. The van der Waals surface area contributed by atoms with Crippen molar-refractivity contribution in [3.8, 4) is 0 Å². The minimum atomic E-state index is -0.165. The Morgan fingerprint density at radius 2 is 2.05 bits per heavy atom. The van der Waals surface area contributed by atoms with Crippen molar-refractivity contribution < 1.29 is 4.79 Å². The third-order valence-corrected chi connectivity index (χ3v) is 3.54. The zero-order valence-electron chi connectivity index (χ0n) is 10.2. The number of halogens is 1. The average Bonchev–Trinajstić information content (AvgIpc) is 2.95. The molecule has 1 aromatic carbocycles. The van der Waals surface area contributed by atoms with Crippen molar-refractivity contribution in [2.45, 2.75) is 0 Å². The van der Waals surface area contributed by atoms with E-state index in [1.807, 2.05) is 11.4 Å². The lowest BCUT2D eigenvalue weighted by Crippen LogP contribution is -2.24. The zero-order valence-corrected chi connectivity index (χ0v) is 12.6. The van der Waals surface area contributed by atoms with E-state index in [4.69, 9.17) is 23.8 Å². The highest BCUT2D eigenvalue weighted by molar-refractivity contribution is 7.80. The van der Waals surface area contributed by atoms with Crippen molar-refractivity contribution in [2.24, 2.45) is 5.10 Å². The number of hydrogen-bond donors (Lipinski definition) is 2. The van der Waals surface area contributed by atoms with Crippen molar-refractivity contribution in [2.75, 3.05) is 5.32 Å². The summed E-state index contributed by atoms with van der Waals surface area (Å²) < 4.78 is 0. The van der Waals surface area contributed by atoms with Gasteiger partial charge in [-0.05, 0) is 47.9 Å². The third kappa shape index (κ3) is 4.41. The van der Waals surface area contributed by atoms with Gasteiger partial charge in [-0.2, -0.15) is 5.10 Å². The van der Waals surface area contributed by atoms with E-state index in [1.165, 1.54) is 17.6 Å². The second-order valence-corrected chi connectivity index (χ2v) is 5.46. The molecule has 0 fully saturated rings. The van der Waals surface area contributed by atoms with Gasteiger partial charge in [0.15, 0.2) is 5.11 Å². The molecule has 0 atom stereocenters. The fourth-order valence-corrected chi connectivity index (χ4v) is 2.25. The number of carbonyl (C=O) groups is 1.